The summed E-state index contributed by atoms with van der Waals surface area (Å²) < 4.78 is 0. The molecule has 0 radical (unpaired) electrons. The van der Waals surface area contributed by atoms with Crippen LogP contribution in [0.25, 0.3) is 0 Å². The molecule has 1 heterocycles. The number of benzene rings is 2. The van der Waals surface area contributed by atoms with Gasteiger partial charge in [0.15, 0.2) is 0 Å². The first kappa shape index (κ1) is 17.1. The van der Waals surface area contributed by atoms with Crippen molar-refractivity contribution < 1.29 is 9.72 Å². The van der Waals surface area contributed by atoms with Gasteiger partial charge in [-0.05, 0) is 18.6 Å². The number of carbonyl (C=O) groups excluding carboxylic acids is 1. The third-order valence-electron chi connectivity index (χ3n) is 4.52. The van der Waals surface area contributed by atoms with Crippen molar-refractivity contribution in [1.29, 1.82) is 0 Å². The average Bonchev–Trinajstić information content (AvgIpc) is 2.63. The lowest BCUT2D eigenvalue weighted by atomic mass is 10.1. The van der Waals surface area contributed by atoms with Crippen molar-refractivity contribution in [2.45, 2.75) is 13.5 Å². The van der Waals surface area contributed by atoms with E-state index in [0.29, 0.717) is 13.1 Å². The van der Waals surface area contributed by atoms with Gasteiger partial charge in [0.2, 0.25) is 0 Å². The number of piperazine rings is 1. The van der Waals surface area contributed by atoms with Crippen molar-refractivity contribution in [3.63, 3.8) is 0 Å². The van der Waals surface area contributed by atoms with Crippen molar-refractivity contribution in [3.05, 3.63) is 75.3 Å². The number of hydrogen-bond donors (Lipinski definition) is 0. The number of nitro benzene ring substituents is 1. The van der Waals surface area contributed by atoms with Crippen molar-refractivity contribution in [2.75, 3.05) is 26.2 Å². The number of nitro groups is 1. The van der Waals surface area contributed by atoms with Crippen LogP contribution in [0.2, 0.25) is 0 Å². The molecule has 0 N–H and O–H groups in total. The van der Waals surface area contributed by atoms with Crippen LogP contribution in [0.5, 0.6) is 0 Å². The van der Waals surface area contributed by atoms with E-state index >= 15 is 0 Å². The topological polar surface area (TPSA) is 66.7 Å². The van der Waals surface area contributed by atoms with E-state index in [1.165, 1.54) is 23.3 Å². The quantitative estimate of drug-likeness (QED) is 0.634. The van der Waals surface area contributed by atoms with Crippen molar-refractivity contribution in [2.24, 2.45) is 0 Å². The molecule has 2 aromatic rings. The van der Waals surface area contributed by atoms with Gasteiger partial charge in [-0.1, -0.05) is 42.0 Å². The fourth-order valence-corrected chi connectivity index (χ4v) is 3.04. The highest BCUT2D eigenvalue weighted by Crippen LogP contribution is 2.20. The van der Waals surface area contributed by atoms with Crippen LogP contribution in [-0.4, -0.2) is 46.8 Å². The molecule has 0 saturated carbocycles. The molecule has 6 nitrogen and oxygen atoms in total. The van der Waals surface area contributed by atoms with Gasteiger partial charge in [0.25, 0.3) is 11.6 Å². The van der Waals surface area contributed by atoms with E-state index in [0.717, 1.165) is 19.6 Å². The maximum atomic E-state index is 12.6. The maximum Gasteiger partial charge on any atom is 0.282 e. The number of amides is 1. The summed E-state index contributed by atoms with van der Waals surface area (Å²) in [6.45, 7) is 5.61. The summed E-state index contributed by atoms with van der Waals surface area (Å²) in [5.74, 6) is -0.262. The molecule has 1 saturated heterocycles. The third kappa shape index (κ3) is 4.03. The Kier molecular flexibility index (Phi) is 5.09. The molecule has 0 aromatic heterocycles. The van der Waals surface area contributed by atoms with Gasteiger partial charge in [-0.15, -0.1) is 0 Å². The summed E-state index contributed by atoms with van der Waals surface area (Å²) >= 11 is 0. The van der Waals surface area contributed by atoms with Crippen molar-refractivity contribution >= 4 is 11.6 Å². The Morgan fingerprint density at radius 3 is 2.32 bits per heavy atom. The van der Waals surface area contributed by atoms with Crippen LogP contribution in [0.3, 0.4) is 0 Å². The summed E-state index contributed by atoms with van der Waals surface area (Å²) in [5, 5.41) is 11.1. The number of rotatable bonds is 4. The second-order valence-corrected chi connectivity index (χ2v) is 6.33. The minimum Gasteiger partial charge on any atom is -0.336 e. The lowest BCUT2D eigenvalue weighted by Crippen LogP contribution is -2.48. The Morgan fingerprint density at radius 1 is 1.04 bits per heavy atom. The van der Waals surface area contributed by atoms with Crippen LogP contribution in [0.1, 0.15) is 21.5 Å². The Labute approximate surface area is 146 Å². The van der Waals surface area contributed by atoms with Gasteiger partial charge in [0.05, 0.1) is 4.92 Å². The maximum absolute atomic E-state index is 12.6. The number of para-hydroxylation sites is 1. The largest absolute Gasteiger partial charge is 0.336 e. The molecule has 1 amide bonds. The highest BCUT2D eigenvalue weighted by Gasteiger charge is 2.27. The molecule has 0 spiro atoms. The van der Waals surface area contributed by atoms with E-state index < -0.39 is 4.92 Å². The molecular weight excluding hydrogens is 318 g/mol. The van der Waals surface area contributed by atoms with E-state index in [4.69, 9.17) is 0 Å². The number of aryl methyl sites for hydroxylation is 1. The fraction of sp³-hybridized carbons (Fsp3) is 0.316. The van der Waals surface area contributed by atoms with Gasteiger partial charge in [0.1, 0.15) is 5.56 Å². The first-order valence-corrected chi connectivity index (χ1v) is 8.35. The Morgan fingerprint density at radius 2 is 1.68 bits per heavy atom. The molecular formula is C19H21N3O3. The molecule has 0 unspecified atom stereocenters. The monoisotopic (exact) mass is 339 g/mol. The van der Waals surface area contributed by atoms with Crippen LogP contribution in [-0.2, 0) is 6.54 Å². The average molecular weight is 339 g/mol. The number of nitrogens with zero attached hydrogens (tertiary/aromatic N) is 3. The summed E-state index contributed by atoms with van der Waals surface area (Å²) in [4.78, 5) is 27.2. The fourth-order valence-electron chi connectivity index (χ4n) is 3.04. The van der Waals surface area contributed by atoms with Gasteiger partial charge in [-0.25, -0.2) is 0 Å². The zero-order valence-electron chi connectivity index (χ0n) is 14.2. The number of carbonyl (C=O) groups is 1. The lowest BCUT2D eigenvalue weighted by Gasteiger charge is -2.34. The molecule has 1 aliphatic heterocycles. The van der Waals surface area contributed by atoms with E-state index in [-0.39, 0.29) is 17.2 Å². The summed E-state index contributed by atoms with van der Waals surface area (Å²) in [5.41, 5.74) is 2.53. The summed E-state index contributed by atoms with van der Waals surface area (Å²) in [6.07, 6.45) is 0. The van der Waals surface area contributed by atoms with Crippen molar-refractivity contribution in [1.82, 2.24) is 9.80 Å². The molecule has 130 valence electrons. The lowest BCUT2D eigenvalue weighted by molar-refractivity contribution is -0.385. The SMILES string of the molecule is Cc1ccc(CN2CCN(C(=O)c3ccccc3[N+](=O)[O-])CC2)cc1. The highest BCUT2D eigenvalue weighted by atomic mass is 16.6. The molecule has 1 aliphatic rings. The molecule has 0 atom stereocenters. The Hall–Kier alpha value is -2.73. The highest BCUT2D eigenvalue weighted by molar-refractivity contribution is 5.98. The molecule has 0 aliphatic carbocycles. The molecule has 25 heavy (non-hydrogen) atoms. The molecule has 3 rings (SSSR count). The summed E-state index contributed by atoms with van der Waals surface area (Å²) in [7, 11) is 0. The molecule has 1 fully saturated rings. The third-order valence-corrected chi connectivity index (χ3v) is 4.52. The van der Waals surface area contributed by atoms with E-state index in [1.807, 2.05) is 0 Å². The van der Waals surface area contributed by atoms with Gasteiger partial charge >= 0.3 is 0 Å². The Bertz CT molecular complexity index is 766. The molecule has 2 aromatic carbocycles. The van der Waals surface area contributed by atoms with E-state index in [2.05, 4.69) is 36.1 Å². The normalized spacial score (nSPS) is 15.2. The zero-order valence-corrected chi connectivity index (χ0v) is 14.2. The smallest absolute Gasteiger partial charge is 0.282 e. The molecule has 0 bridgehead atoms. The van der Waals surface area contributed by atoms with Gasteiger partial charge in [-0.3, -0.25) is 19.8 Å². The van der Waals surface area contributed by atoms with Crippen molar-refractivity contribution in [3.8, 4) is 0 Å². The minimum absolute atomic E-state index is 0.130. The van der Waals surface area contributed by atoms with Gasteiger partial charge in [0, 0.05) is 38.8 Å². The second-order valence-electron chi connectivity index (χ2n) is 6.33. The van der Waals surface area contributed by atoms with Crippen LogP contribution in [0.4, 0.5) is 5.69 Å². The van der Waals surface area contributed by atoms with Crippen LogP contribution in [0, 0.1) is 17.0 Å². The van der Waals surface area contributed by atoms with Gasteiger partial charge in [-0.2, -0.15) is 0 Å². The minimum atomic E-state index is -0.499. The van der Waals surface area contributed by atoms with E-state index in [1.54, 1.807) is 17.0 Å². The second kappa shape index (κ2) is 7.44. The first-order chi connectivity index (χ1) is 12.0. The van der Waals surface area contributed by atoms with Gasteiger partial charge < -0.3 is 4.90 Å². The predicted octanol–water partition coefficient (Wildman–Crippen LogP) is 2.86. The Balaban J connectivity index is 1.61. The van der Waals surface area contributed by atoms with E-state index in [9.17, 15) is 14.9 Å². The van der Waals surface area contributed by atoms with Crippen LogP contribution < -0.4 is 0 Å². The predicted molar refractivity (Wildman–Crippen MR) is 95.5 cm³/mol. The zero-order chi connectivity index (χ0) is 17.8. The first-order valence-electron chi connectivity index (χ1n) is 8.35. The van der Waals surface area contributed by atoms with Crippen LogP contribution >= 0.6 is 0 Å². The summed E-state index contributed by atoms with van der Waals surface area (Å²) in [6, 6.07) is 14.6. The number of hydrogen-bond acceptors (Lipinski definition) is 4. The van der Waals surface area contributed by atoms with Crippen LogP contribution in [0.15, 0.2) is 48.5 Å². The standard InChI is InChI=1S/C19H21N3O3/c1-15-6-8-16(9-7-15)14-20-10-12-21(13-11-20)19(23)17-4-2-3-5-18(17)22(24)25/h2-9H,10-14H2,1H3. The molecule has 6 heteroatoms.